The van der Waals surface area contributed by atoms with Crippen LogP contribution in [0.5, 0.6) is 0 Å². The third-order valence-corrected chi connectivity index (χ3v) is 4.82. The summed E-state index contributed by atoms with van der Waals surface area (Å²) in [4.78, 5) is 9.85. The third-order valence-electron chi connectivity index (χ3n) is 4.82. The summed E-state index contributed by atoms with van der Waals surface area (Å²) >= 11 is 0. The largest absolute Gasteiger partial charge is 0.383 e. The highest BCUT2D eigenvalue weighted by molar-refractivity contribution is 5.94. The molecule has 1 saturated heterocycles. The monoisotopic (exact) mass is 313 g/mol. The first kappa shape index (κ1) is 16.2. The number of rotatable bonds is 5. The van der Waals surface area contributed by atoms with Gasteiger partial charge in [0.15, 0.2) is 0 Å². The molecule has 0 unspecified atom stereocenters. The summed E-state index contributed by atoms with van der Waals surface area (Å²) in [5, 5.41) is 1.29. The molecular formula is C19H27N3O. The Balaban J connectivity index is 1.90. The Morgan fingerprint density at radius 1 is 1.13 bits per heavy atom. The summed E-state index contributed by atoms with van der Waals surface area (Å²) in [5.74, 6) is 0. The van der Waals surface area contributed by atoms with Crippen molar-refractivity contribution in [3.8, 4) is 0 Å². The summed E-state index contributed by atoms with van der Waals surface area (Å²) in [6.45, 7) is 10.6. The minimum absolute atomic E-state index is 0.817. The van der Waals surface area contributed by atoms with E-state index in [0.717, 1.165) is 51.3 Å². The lowest BCUT2D eigenvalue weighted by atomic mass is 10.0. The zero-order valence-corrected chi connectivity index (χ0v) is 14.5. The Labute approximate surface area is 139 Å². The molecule has 0 N–H and O–H groups in total. The Kier molecular flexibility index (Phi) is 5.13. The molecule has 1 aliphatic rings. The number of para-hydroxylation sites is 1. The third kappa shape index (κ3) is 3.33. The Bertz CT molecular complexity index is 663. The van der Waals surface area contributed by atoms with Crippen molar-refractivity contribution in [1.82, 2.24) is 9.88 Å². The number of benzene rings is 1. The van der Waals surface area contributed by atoms with E-state index in [2.05, 4.69) is 47.9 Å². The number of nitrogens with zero attached hydrogens (tertiary/aromatic N) is 3. The molecule has 2 heterocycles. The fourth-order valence-corrected chi connectivity index (χ4v) is 3.55. The van der Waals surface area contributed by atoms with Crippen LogP contribution in [0.2, 0.25) is 0 Å². The minimum Gasteiger partial charge on any atom is -0.383 e. The molecule has 1 fully saturated rings. The number of ether oxygens (including phenoxy) is 1. The van der Waals surface area contributed by atoms with Gasteiger partial charge in [-0.2, -0.15) is 0 Å². The molecular weight excluding hydrogens is 286 g/mol. The average Bonchev–Trinajstić information content (AvgIpc) is 2.59. The van der Waals surface area contributed by atoms with Crippen LogP contribution in [0.3, 0.4) is 0 Å². The lowest BCUT2D eigenvalue weighted by molar-refractivity contribution is 0.144. The van der Waals surface area contributed by atoms with Crippen LogP contribution < -0.4 is 4.90 Å². The number of anilines is 1. The first-order chi connectivity index (χ1) is 11.2. The topological polar surface area (TPSA) is 28.6 Å². The summed E-state index contributed by atoms with van der Waals surface area (Å²) in [7, 11) is 1.77. The predicted molar refractivity (Wildman–Crippen MR) is 96.4 cm³/mol. The number of pyridine rings is 1. The van der Waals surface area contributed by atoms with E-state index in [-0.39, 0.29) is 0 Å². The van der Waals surface area contributed by atoms with Crippen molar-refractivity contribution < 1.29 is 4.74 Å². The van der Waals surface area contributed by atoms with Gasteiger partial charge >= 0.3 is 0 Å². The maximum atomic E-state index is 5.20. The molecule has 0 saturated carbocycles. The van der Waals surface area contributed by atoms with Crippen LogP contribution in [-0.2, 0) is 11.2 Å². The smallest absolute Gasteiger partial charge is 0.0726 e. The van der Waals surface area contributed by atoms with Gasteiger partial charge in [0, 0.05) is 50.9 Å². The van der Waals surface area contributed by atoms with Gasteiger partial charge < -0.3 is 9.64 Å². The predicted octanol–water partition coefficient (Wildman–Crippen LogP) is 2.87. The standard InChI is InChI=1S/C19H27N3O/c1-4-16-15(2)20-18-8-6-5-7-17(18)19(16)22-11-9-21(10-12-22)13-14-23-3/h5-8H,4,9-14H2,1-3H3. The average molecular weight is 313 g/mol. The molecule has 1 aromatic heterocycles. The summed E-state index contributed by atoms with van der Waals surface area (Å²) < 4.78 is 5.20. The molecule has 1 aliphatic heterocycles. The molecule has 4 nitrogen and oxygen atoms in total. The number of aryl methyl sites for hydroxylation is 1. The molecule has 0 amide bonds. The maximum Gasteiger partial charge on any atom is 0.0726 e. The summed E-state index contributed by atoms with van der Waals surface area (Å²) in [6.07, 6.45) is 1.03. The van der Waals surface area contributed by atoms with Crippen molar-refractivity contribution in [2.45, 2.75) is 20.3 Å². The lowest BCUT2D eigenvalue weighted by Crippen LogP contribution is -2.47. The molecule has 124 valence electrons. The molecule has 0 bridgehead atoms. The van der Waals surface area contributed by atoms with Gasteiger partial charge in [0.1, 0.15) is 0 Å². The van der Waals surface area contributed by atoms with E-state index >= 15 is 0 Å². The van der Waals surface area contributed by atoms with Gasteiger partial charge in [0.05, 0.1) is 17.8 Å². The van der Waals surface area contributed by atoms with Crippen molar-refractivity contribution >= 4 is 16.6 Å². The number of fused-ring (bicyclic) bond motifs is 1. The minimum atomic E-state index is 0.817. The Morgan fingerprint density at radius 3 is 2.57 bits per heavy atom. The van der Waals surface area contributed by atoms with Gasteiger partial charge in [-0.1, -0.05) is 25.1 Å². The molecule has 4 heteroatoms. The van der Waals surface area contributed by atoms with E-state index in [9.17, 15) is 0 Å². The number of hydrogen-bond donors (Lipinski definition) is 0. The second-order valence-corrected chi connectivity index (χ2v) is 6.22. The zero-order chi connectivity index (χ0) is 16.2. The maximum absolute atomic E-state index is 5.20. The fourth-order valence-electron chi connectivity index (χ4n) is 3.55. The summed E-state index contributed by atoms with van der Waals surface area (Å²) in [6, 6.07) is 8.54. The van der Waals surface area contributed by atoms with Gasteiger partial charge in [-0.05, 0) is 25.0 Å². The van der Waals surface area contributed by atoms with Crippen LogP contribution in [0.1, 0.15) is 18.2 Å². The van der Waals surface area contributed by atoms with Crippen LogP contribution in [-0.4, -0.2) is 56.3 Å². The fraction of sp³-hybridized carbons (Fsp3) is 0.526. The van der Waals surface area contributed by atoms with Crippen LogP contribution in [0.4, 0.5) is 5.69 Å². The van der Waals surface area contributed by atoms with Gasteiger partial charge in [0.25, 0.3) is 0 Å². The van der Waals surface area contributed by atoms with Crippen LogP contribution >= 0.6 is 0 Å². The number of aromatic nitrogens is 1. The zero-order valence-electron chi connectivity index (χ0n) is 14.5. The SMILES string of the molecule is CCc1c(C)nc2ccccc2c1N1CCN(CCOC)CC1. The number of hydrogen-bond acceptors (Lipinski definition) is 4. The van der Waals surface area contributed by atoms with E-state index in [0.29, 0.717) is 0 Å². The van der Waals surface area contributed by atoms with E-state index in [1.54, 1.807) is 7.11 Å². The van der Waals surface area contributed by atoms with Gasteiger partial charge in [-0.15, -0.1) is 0 Å². The Morgan fingerprint density at radius 2 is 1.87 bits per heavy atom. The number of piperazine rings is 1. The van der Waals surface area contributed by atoms with Crippen molar-refractivity contribution in [2.24, 2.45) is 0 Å². The van der Waals surface area contributed by atoms with Crippen molar-refractivity contribution in [2.75, 3.05) is 51.3 Å². The molecule has 0 spiro atoms. The van der Waals surface area contributed by atoms with Gasteiger partial charge in [-0.25, -0.2) is 0 Å². The number of methoxy groups -OCH3 is 1. The molecule has 2 aromatic rings. The molecule has 23 heavy (non-hydrogen) atoms. The van der Waals surface area contributed by atoms with Crippen LogP contribution in [0.15, 0.2) is 24.3 Å². The molecule has 0 radical (unpaired) electrons. The lowest BCUT2D eigenvalue weighted by Gasteiger charge is -2.37. The van der Waals surface area contributed by atoms with Crippen molar-refractivity contribution in [3.05, 3.63) is 35.5 Å². The highest BCUT2D eigenvalue weighted by Gasteiger charge is 2.22. The molecule has 0 aliphatic carbocycles. The molecule has 0 atom stereocenters. The van der Waals surface area contributed by atoms with E-state index in [4.69, 9.17) is 9.72 Å². The first-order valence-corrected chi connectivity index (χ1v) is 8.59. The normalized spacial score (nSPS) is 16.2. The first-order valence-electron chi connectivity index (χ1n) is 8.59. The van der Waals surface area contributed by atoms with Crippen molar-refractivity contribution in [3.63, 3.8) is 0 Å². The molecule has 1 aromatic carbocycles. The second kappa shape index (κ2) is 7.28. The van der Waals surface area contributed by atoms with E-state index < -0.39 is 0 Å². The second-order valence-electron chi connectivity index (χ2n) is 6.22. The molecule has 3 rings (SSSR count). The highest BCUT2D eigenvalue weighted by Crippen LogP contribution is 2.32. The van der Waals surface area contributed by atoms with Gasteiger partial charge in [-0.3, -0.25) is 9.88 Å². The van der Waals surface area contributed by atoms with Crippen LogP contribution in [0.25, 0.3) is 10.9 Å². The van der Waals surface area contributed by atoms with E-state index in [1.165, 1.54) is 22.3 Å². The quantitative estimate of drug-likeness (QED) is 0.849. The van der Waals surface area contributed by atoms with Crippen LogP contribution in [0, 0.1) is 6.92 Å². The summed E-state index contributed by atoms with van der Waals surface area (Å²) in [5.41, 5.74) is 5.08. The van der Waals surface area contributed by atoms with E-state index in [1.807, 2.05) is 0 Å². The van der Waals surface area contributed by atoms with Gasteiger partial charge in [0.2, 0.25) is 0 Å². The van der Waals surface area contributed by atoms with Crippen molar-refractivity contribution in [1.29, 1.82) is 0 Å². The Hall–Kier alpha value is -1.65. The highest BCUT2D eigenvalue weighted by atomic mass is 16.5.